The number of hydrogen-bond acceptors (Lipinski definition) is 4. The van der Waals surface area contributed by atoms with Gasteiger partial charge in [0.05, 0.1) is 11.5 Å². The van der Waals surface area contributed by atoms with Crippen LogP contribution in [-0.4, -0.2) is 16.2 Å². The molecular formula is C34H28N2O3. The third-order valence-corrected chi connectivity index (χ3v) is 8.24. The van der Waals surface area contributed by atoms with Crippen LogP contribution in [0.15, 0.2) is 108 Å². The fourth-order valence-electron chi connectivity index (χ4n) is 5.80. The number of nitrogens with one attached hydrogen (secondary N) is 1. The van der Waals surface area contributed by atoms with Gasteiger partial charge in [0.2, 0.25) is 0 Å². The van der Waals surface area contributed by atoms with E-state index >= 15 is 0 Å². The van der Waals surface area contributed by atoms with Crippen molar-refractivity contribution in [2.45, 2.75) is 37.1 Å². The SMILES string of the molecule is O=C(O)C1(c2ccc(-c3ccc(-c4onc5c4NC(CCc4ccccc4)c4ccccc4-5)cc3)cc2)CC1. The number of nitrogens with zero attached hydrogens (tertiary/aromatic N) is 1. The standard InChI is InChI=1S/C34H28N2O3/c37-33(38)34(20-21-34)26-17-15-24(16-18-26)23-11-13-25(14-12-23)32-31-30(36-39-32)28-9-5-4-8-27(28)29(35-31)19-10-22-6-2-1-3-7-22/h1-9,11-18,29,35H,10,19-21H2,(H,37,38). The number of anilines is 1. The minimum atomic E-state index is -0.728. The van der Waals surface area contributed by atoms with Crippen molar-refractivity contribution in [3.63, 3.8) is 0 Å². The average molecular weight is 513 g/mol. The number of hydrogen-bond donors (Lipinski definition) is 2. The number of aromatic nitrogens is 1. The van der Waals surface area contributed by atoms with Gasteiger partial charge in [-0.05, 0) is 53.5 Å². The van der Waals surface area contributed by atoms with Crippen LogP contribution in [0, 0.1) is 0 Å². The van der Waals surface area contributed by atoms with Gasteiger partial charge in [0.25, 0.3) is 0 Å². The molecule has 2 aliphatic rings. The first kappa shape index (κ1) is 23.5. The number of carboxylic acid groups (broad SMARTS) is 1. The number of carbonyl (C=O) groups is 1. The second-order valence-corrected chi connectivity index (χ2v) is 10.6. The van der Waals surface area contributed by atoms with E-state index in [0.717, 1.165) is 57.8 Å². The third kappa shape index (κ3) is 4.11. The summed E-state index contributed by atoms with van der Waals surface area (Å²) in [5.41, 5.74) is 8.76. The van der Waals surface area contributed by atoms with E-state index in [9.17, 15) is 9.90 Å². The molecule has 1 aliphatic heterocycles. The van der Waals surface area contributed by atoms with Crippen LogP contribution in [0.4, 0.5) is 5.69 Å². The summed E-state index contributed by atoms with van der Waals surface area (Å²) in [5, 5.41) is 17.8. The maximum atomic E-state index is 11.7. The highest BCUT2D eigenvalue weighted by Crippen LogP contribution is 2.49. The summed E-state index contributed by atoms with van der Waals surface area (Å²) < 4.78 is 5.93. The highest BCUT2D eigenvalue weighted by atomic mass is 16.5. The number of benzene rings is 4. The number of rotatable bonds is 7. The Morgan fingerprint density at radius 3 is 2.18 bits per heavy atom. The van der Waals surface area contributed by atoms with Crippen LogP contribution < -0.4 is 5.32 Å². The largest absolute Gasteiger partial charge is 0.481 e. The molecule has 2 heterocycles. The van der Waals surface area contributed by atoms with Crippen molar-refractivity contribution in [1.82, 2.24) is 5.16 Å². The Balaban J connectivity index is 1.16. The van der Waals surface area contributed by atoms with E-state index in [0.29, 0.717) is 12.8 Å². The maximum Gasteiger partial charge on any atom is 0.314 e. The Morgan fingerprint density at radius 2 is 1.49 bits per heavy atom. The molecule has 1 saturated carbocycles. The topological polar surface area (TPSA) is 75.4 Å². The molecule has 1 atom stereocenters. The first-order chi connectivity index (χ1) is 19.1. The van der Waals surface area contributed by atoms with Crippen molar-refractivity contribution in [1.29, 1.82) is 0 Å². The van der Waals surface area contributed by atoms with E-state index < -0.39 is 11.4 Å². The molecular weight excluding hydrogens is 484 g/mol. The first-order valence-electron chi connectivity index (χ1n) is 13.5. The zero-order valence-corrected chi connectivity index (χ0v) is 21.4. The van der Waals surface area contributed by atoms with Crippen LogP contribution in [0.3, 0.4) is 0 Å². The summed E-state index contributed by atoms with van der Waals surface area (Å²) in [5.74, 6) is 0.0109. The Bertz CT molecular complexity index is 1650. The molecule has 5 aromatic rings. The van der Waals surface area contributed by atoms with Gasteiger partial charge in [0, 0.05) is 11.1 Å². The third-order valence-electron chi connectivity index (χ3n) is 8.24. The lowest BCUT2D eigenvalue weighted by atomic mass is 9.89. The molecule has 39 heavy (non-hydrogen) atoms. The molecule has 5 nitrogen and oxygen atoms in total. The number of aliphatic carboxylic acids is 1. The molecule has 7 rings (SSSR count). The summed E-state index contributed by atoms with van der Waals surface area (Å²) in [7, 11) is 0. The highest BCUT2D eigenvalue weighted by molar-refractivity contribution is 5.90. The molecule has 5 heteroatoms. The van der Waals surface area contributed by atoms with Crippen LogP contribution in [0.5, 0.6) is 0 Å². The van der Waals surface area contributed by atoms with Crippen LogP contribution in [0.2, 0.25) is 0 Å². The second kappa shape index (κ2) is 9.28. The molecule has 1 fully saturated rings. The second-order valence-electron chi connectivity index (χ2n) is 10.6. The van der Waals surface area contributed by atoms with Crippen molar-refractivity contribution in [3.8, 4) is 33.7 Å². The van der Waals surface area contributed by atoms with Gasteiger partial charge in [0.1, 0.15) is 11.4 Å². The van der Waals surface area contributed by atoms with Gasteiger partial charge in [-0.2, -0.15) is 0 Å². The van der Waals surface area contributed by atoms with E-state index in [-0.39, 0.29) is 6.04 Å². The van der Waals surface area contributed by atoms with Crippen LogP contribution in [-0.2, 0) is 16.6 Å². The van der Waals surface area contributed by atoms with Gasteiger partial charge in [-0.3, -0.25) is 4.79 Å². The van der Waals surface area contributed by atoms with Crippen LogP contribution in [0.25, 0.3) is 33.7 Å². The molecule has 1 aliphatic carbocycles. The van der Waals surface area contributed by atoms with Crippen molar-refractivity contribution < 1.29 is 14.4 Å². The molecule has 0 saturated heterocycles. The zero-order valence-electron chi connectivity index (χ0n) is 21.4. The van der Waals surface area contributed by atoms with Crippen molar-refractivity contribution in [2.75, 3.05) is 5.32 Å². The Kier molecular flexibility index (Phi) is 5.58. The Morgan fingerprint density at radius 1 is 0.846 bits per heavy atom. The maximum absolute atomic E-state index is 11.7. The summed E-state index contributed by atoms with van der Waals surface area (Å²) in [6.45, 7) is 0. The normalized spacial score (nSPS) is 16.6. The summed E-state index contributed by atoms with van der Waals surface area (Å²) in [6.07, 6.45) is 3.36. The molecule has 0 spiro atoms. The lowest BCUT2D eigenvalue weighted by Crippen LogP contribution is -2.19. The summed E-state index contributed by atoms with van der Waals surface area (Å²) in [6, 6.07) is 35.4. The van der Waals surface area contributed by atoms with Gasteiger partial charge in [-0.25, -0.2) is 0 Å². The summed E-state index contributed by atoms with van der Waals surface area (Å²) in [4.78, 5) is 11.7. The lowest BCUT2D eigenvalue weighted by Gasteiger charge is -2.27. The quantitative estimate of drug-likeness (QED) is 0.232. The lowest BCUT2D eigenvalue weighted by molar-refractivity contribution is -0.140. The number of fused-ring (bicyclic) bond motifs is 3. The van der Waals surface area contributed by atoms with E-state index in [1.165, 1.54) is 11.1 Å². The average Bonchev–Trinajstić information content (AvgIpc) is 3.70. The Hall–Kier alpha value is -4.64. The van der Waals surface area contributed by atoms with E-state index in [1.54, 1.807) is 0 Å². The van der Waals surface area contributed by atoms with Gasteiger partial charge >= 0.3 is 5.97 Å². The molecule has 4 aromatic carbocycles. The fraction of sp³-hybridized carbons (Fsp3) is 0.176. The van der Waals surface area contributed by atoms with E-state index in [2.05, 4.69) is 89.3 Å². The smallest absolute Gasteiger partial charge is 0.314 e. The van der Waals surface area contributed by atoms with E-state index in [4.69, 9.17) is 4.52 Å². The highest BCUT2D eigenvalue weighted by Gasteiger charge is 2.51. The molecule has 1 unspecified atom stereocenters. The number of aryl methyl sites for hydroxylation is 1. The van der Waals surface area contributed by atoms with Gasteiger partial charge in [-0.15, -0.1) is 0 Å². The van der Waals surface area contributed by atoms with Crippen molar-refractivity contribution in [2.24, 2.45) is 0 Å². The van der Waals surface area contributed by atoms with Crippen LogP contribution in [0.1, 0.15) is 42.0 Å². The molecule has 0 bridgehead atoms. The zero-order chi connectivity index (χ0) is 26.4. The molecule has 0 amide bonds. The van der Waals surface area contributed by atoms with E-state index in [1.807, 2.05) is 24.3 Å². The number of carboxylic acids is 1. The Labute approximate surface area is 227 Å². The molecule has 192 valence electrons. The molecule has 2 N–H and O–H groups in total. The van der Waals surface area contributed by atoms with Crippen LogP contribution >= 0.6 is 0 Å². The van der Waals surface area contributed by atoms with Gasteiger partial charge < -0.3 is 14.9 Å². The first-order valence-corrected chi connectivity index (χ1v) is 13.5. The van der Waals surface area contributed by atoms with Gasteiger partial charge in [-0.1, -0.05) is 108 Å². The monoisotopic (exact) mass is 512 g/mol. The minimum absolute atomic E-state index is 0.158. The predicted molar refractivity (Wildman–Crippen MR) is 152 cm³/mol. The summed E-state index contributed by atoms with van der Waals surface area (Å²) >= 11 is 0. The minimum Gasteiger partial charge on any atom is -0.481 e. The molecule has 0 radical (unpaired) electrons. The fourth-order valence-corrected chi connectivity index (χ4v) is 5.80. The predicted octanol–water partition coefficient (Wildman–Crippen LogP) is 7.89. The van der Waals surface area contributed by atoms with Crippen molar-refractivity contribution in [3.05, 3.63) is 120 Å². The van der Waals surface area contributed by atoms with Gasteiger partial charge in [0.15, 0.2) is 5.76 Å². The van der Waals surface area contributed by atoms with Crippen molar-refractivity contribution >= 4 is 11.7 Å². The molecule has 1 aromatic heterocycles.